The maximum atomic E-state index is 5.71. The van der Waals surface area contributed by atoms with Gasteiger partial charge in [0.1, 0.15) is 0 Å². The quantitative estimate of drug-likeness (QED) is 0.748. The van der Waals surface area contributed by atoms with E-state index in [1.54, 1.807) is 0 Å². The Morgan fingerprint density at radius 3 is 2.76 bits per heavy atom. The zero-order valence-electron chi connectivity index (χ0n) is 11.1. The Bertz CT molecular complexity index is 283. The first-order valence-electron chi connectivity index (χ1n) is 6.54. The summed E-state index contributed by atoms with van der Waals surface area (Å²) in [6.07, 6.45) is 5.27. The Morgan fingerprint density at radius 1 is 1.35 bits per heavy atom. The number of nitrogens with zero attached hydrogens (tertiary/aromatic N) is 2. The third-order valence-electron chi connectivity index (χ3n) is 3.31. The van der Waals surface area contributed by atoms with E-state index < -0.39 is 0 Å². The molecule has 0 saturated heterocycles. The average molecular weight is 235 g/mol. The van der Waals surface area contributed by atoms with Gasteiger partial charge in [-0.05, 0) is 44.6 Å². The summed E-state index contributed by atoms with van der Waals surface area (Å²) in [5.74, 6) is 0.673. The van der Waals surface area contributed by atoms with Gasteiger partial charge in [0, 0.05) is 24.9 Å². The Hall–Kier alpha value is -0.930. The van der Waals surface area contributed by atoms with Crippen LogP contribution in [0.25, 0.3) is 0 Å². The molecule has 0 aliphatic heterocycles. The van der Waals surface area contributed by atoms with Crippen molar-refractivity contribution in [1.29, 1.82) is 0 Å². The van der Waals surface area contributed by atoms with Gasteiger partial charge in [0.15, 0.2) is 0 Å². The van der Waals surface area contributed by atoms with Crippen LogP contribution >= 0.6 is 0 Å². The van der Waals surface area contributed by atoms with Crippen LogP contribution < -0.4 is 5.73 Å². The van der Waals surface area contributed by atoms with Gasteiger partial charge < -0.3 is 10.6 Å². The molecule has 0 amide bonds. The molecular weight excluding hydrogens is 210 g/mol. The molecule has 1 heterocycles. The van der Waals surface area contributed by atoms with Crippen molar-refractivity contribution >= 4 is 0 Å². The van der Waals surface area contributed by atoms with Crippen LogP contribution in [0.5, 0.6) is 0 Å². The second-order valence-electron chi connectivity index (χ2n) is 4.67. The third-order valence-corrected chi connectivity index (χ3v) is 3.31. The summed E-state index contributed by atoms with van der Waals surface area (Å²) in [5, 5.41) is 0. The molecule has 1 unspecified atom stereocenters. The summed E-state index contributed by atoms with van der Waals surface area (Å²) in [7, 11) is 2.17. The predicted octanol–water partition coefficient (Wildman–Crippen LogP) is 1.93. The molecule has 0 aliphatic carbocycles. The SMILES string of the molecule is CCC(CN)CCN(C)CCc1ccccn1. The highest BCUT2D eigenvalue weighted by atomic mass is 15.1. The largest absolute Gasteiger partial charge is 0.330 e. The highest BCUT2D eigenvalue weighted by Crippen LogP contribution is 2.07. The van der Waals surface area contributed by atoms with Crippen LogP contribution in [0.3, 0.4) is 0 Å². The minimum Gasteiger partial charge on any atom is -0.330 e. The molecule has 96 valence electrons. The van der Waals surface area contributed by atoms with E-state index >= 15 is 0 Å². The molecule has 1 aromatic heterocycles. The van der Waals surface area contributed by atoms with Crippen molar-refractivity contribution in [3.8, 4) is 0 Å². The van der Waals surface area contributed by atoms with Gasteiger partial charge >= 0.3 is 0 Å². The lowest BCUT2D eigenvalue weighted by Gasteiger charge is -2.19. The Morgan fingerprint density at radius 2 is 2.18 bits per heavy atom. The van der Waals surface area contributed by atoms with Gasteiger partial charge in [-0.2, -0.15) is 0 Å². The lowest BCUT2D eigenvalue weighted by molar-refractivity contribution is 0.300. The van der Waals surface area contributed by atoms with Gasteiger partial charge in [-0.15, -0.1) is 0 Å². The van der Waals surface area contributed by atoms with Crippen molar-refractivity contribution in [2.45, 2.75) is 26.2 Å². The number of aromatic nitrogens is 1. The number of hydrogen-bond acceptors (Lipinski definition) is 3. The predicted molar refractivity (Wildman–Crippen MR) is 72.9 cm³/mol. The van der Waals surface area contributed by atoms with E-state index in [-0.39, 0.29) is 0 Å². The first-order valence-corrected chi connectivity index (χ1v) is 6.54. The molecular formula is C14H25N3. The van der Waals surface area contributed by atoms with Crippen LogP contribution in [0.2, 0.25) is 0 Å². The molecule has 0 aromatic carbocycles. The fraction of sp³-hybridized carbons (Fsp3) is 0.643. The van der Waals surface area contributed by atoms with Crippen LogP contribution in [0.1, 0.15) is 25.5 Å². The normalized spacial score (nSPS) is 12.9. The monoisotopic (exact) mass is 235 g/mol. The average Bonchev–Trinajstić information content (AvgIpc) is 2.39. The zero-order valence-corrected chi connectivity index (χ0v) is 11.1. The Kier molecular flexibility index (Phi) is 6.82. The van der Waals surface area contributed by atoms with Crippen molar-refractivity contribution in [1.82, 2.24) is 9.88 Å². The number of nitrogens with two attached hydrogens (primary N) is 1. The molecule has 0 aliphatic rings. The Balaban J connectivity index is 2.19. The van der Waals surface area contributed by atoms with Crippen molar-refractivity contribution in [3.05, 3.63) is 30.1 Å². The van der Waals surface area contributed by atoms with Crippen LogP contribution in [-0.4, -0.2) is 36.6 Å². The standard InChI is InChI=1S/C14H25N3/c1-3-13(12-15)7-10-17(2)11-8-14-6-4-5-9-16-14/h4-6,9,13H,3,7-8,10-12,15H2,1-2H3. The van der Waals surface area contributed by atoms with Gasteiger partial charge in [-0.3, -0.25) is 4.98 Å². The second-order valence-corrected chi connectivity index (χ2v) is 4.67. The minimum atomic E-state index is 0.673. The molecule has 0 spiro atoms. The summed E-state index contributed by atoms with van der Waals surface area (Å²) in [6.45, 7) is 5.22. The summed E-state index contributed by atoms with van der Waals surface area (Å²) in [6, 6.07) is 6.09. The summed E-state index contributed by atoms with van der Waals surface area (Å²) >= 11 is 0. The highest BCUT2D eigenvalue weighted by molar-refractivity contribution is 5.03. The van der Waals surface area contributed by atoms with E-state index in [2.05, 4.69) is 29.9 Å². The Labute approximate surface area is 105 Å². The van der Waals surface area contributed by atoms with E-state index in [1.807, 2.05) is 18.3 Å². The van der Waals surface area contributed by atoms with Crippen molar-refractivity contribution in [2.75, 3.05) is 26.7 Å². The van der Waals surface area contributed by atoms with E-state index in [4.69, 9.17) is 5.73 Å². The first kappa shape index (κ1) is 14.1. The van der Waals surface area contributed by atoms with Crippen molar-refractivity contribution in [3.63, 3.8) is 0 Å². The van der Waals surface area contributed by atoms with E-state index in [1.165, 1.54) is 18.5 Å². The highest BCUT2D eigenvalue weighted by Gasteiger charge is 2.06. The lowest BCUT2D eigenvalue weighted by Crippen LogP contribution is -2.26. The van der Waals surface area contributed by atoms with Crippen LogP contribution in [-0.2, 0) is 6.42 Å². The molecule has 3 nitrogen and oxygen atoms in total. The van der Waals surface area contributed by atoms with E-state index in [0.29, 0.717) is 5.92 Å². The molecule has 3 heteroatoms. The van der Waals surface area contributed by atoms with Gasteiger partial charge in [0.25, 0.3) is 0 Å². The number of pyridine rings is 1. The molecule has 0 radical (unpaired) electrons. The maximum absolute atomic E-state index is 5.71. The fourth-order valence-electron chi connectivity index (χ4n) is 1.85. The molecule has 1 atom stereocenters. The zero-order chi connectivity index (χ0) is 12.5. The van der Waals surface area contributed by atoms with Gasteiger partial charge in [0.2, 0.25) is 0 Å². The maximum Gasteiger partial charge on any atom is 0.0416 e. The summed E-state index contributed by atoms with van der Waals surface area (Å²) in [4.78, 5) is 6.70. The summed E-state index contributed by atoms with van der Waals surface area (Å²) < 4.78 is 0. The van der Waals surface area contributed by atoms with Gasteiger partial charge in [-0.25, -0.2) is 0 Å². The minimum absolute atomic E-state index is 0.673. The molecule has 2 N–H and O–H groups in total. The summed E-state index contributed by atoms with van der Waals surface area (Å²) in [5.41, 5.74) is 6.88. The smallest absolute Gasteiger partial charge is 0.0416 e. The molecule has 0 saturated carbocycles. The van der Waals surface area contributed by atoms with Gasteiger partial charge in [0.05, 0.1) is 0 Å². The lowest BCUT2D eigenvalue weighted by atomic mass is 10.0. The number of hydrogen-bond donors (Lipinski definition) is 1. The third kappa shape index (κ3) is 5.80. The van der Waals surface area contributed by atoms with Gasteiger partial charge in [-0.1, -0.05) is 19.4 Å². The molecule has 17 heavy (non-hydrogen) atoms. The van der Waals surface area contributed by atoms with Crippen LogP contribution in [0.15, 0.2) is 24.4 Å². The number of likely N-dealkylation sites (N-methyl/N-ethyl adjacent to an activating group) is 1. The van der Waals surface area contributed by atoms with Crippen LogP contribution in [0.4, 0.5) is 0 Å². The molecule has 0 bridgehead atoms. The second kappa shape index (κ2) is 8.20. The van der Waals surface area contributed by atoms with Crippen molar-refractivity contribution < 1.29 is 0 Å². The van der Waals surface area contributed by atoms with E-state index in [0.717, 1.165) is 26.1 Å². The van der Waals surface area contributed by atoms with Crippen molar-refractivity contribution in [2.24, 2.45) is 11.7 Å². The number of rotatable bonds is 8. The first-order chi connectivity index (χ1) is 8.26. The topological polar surface area (TPSA) is 42.1 Å². The molecule has 0 fully saturated rings. The molecule has 1 aromatic rings. The fourth-order valence-corrected chi connectivity index (χ4v) is 1.85. The van der Waals surface area contributed by atoms with Crippen LogP contribution in [0, 0.1) is 5.92 Å². The van der Waals surface area contributed by atoms with E-state index in [9.17, 15) is 0 Å². The molecule has 1 rings (SSSR count).